The molecule has 1 aromatic carbocycles. The summed E-state index contributed by atoms with van der Waals surface area (Å²) in [7, 11) is 0. The van der Waals surface area contributed by atoms with Crippen LogP contribution in [0.15, 0.2) is 24.3 Å². The van der Waals surface area contributed by atoms with Crippen molar-refractivity contribution in [3.8, 4) is 0 Å². The van der Waals surface area contributed by atoms with Gasteiger partial charge >= 0.3 is 0 Å². The number of rotatable bonds is 4. The lowest BCUT2D eigenvalue weighted by Gasteiger charge is -2.09. The van der Waals surface area contributed by atoms with Gasteiger partial charge in [-0.1, -0.05) is 23.7 Å². The van der Waals surface area contributed by atoms with Crippen molar-refractivity contribution in [1.29, 1.82) is 0 Å². The van der Waals surface area contributed by atoms with Crippen molar-refractivity contribution in [1.82, 2.24) is 14.6 Å². The second-order valence-corrected chi connectivity index (χ2v) is 4.99. The van der Waals surface area contributed by atoms with E-state index in [1.807, 2.05) is 31.2 Å². The van der Waals surface area contributed by atoms with Gasteiger partial charge in [0.25, 0.3) is 0 Å². The molecule has 0 aliphatic heterocycles. The smallest absolute Gasteiger partial charge is 0.176 e. The first-order chi connectivity index (χ1) is 9.72. The van der Waals surface area contributed by atoms with Crippen molar-refractivity contribution in [3.05, 3.63) is 35.0 Å². The number of hydrogen-bond acceptors (Lipinski definition) is 4. The Bertz CT molecular complexity index is 769. The number of anilines is 1. The molecule has 0 aliphatic carbocycles. The second kappa shape index (κ2) is 5.26. The van der Waals surface area contributed by atoms with Crippen LogP contribution in [0.4, 0.5) is 5.82 Å². The lowest BCUT2D eigenvalue weighted by molar-refractivity contribution is 0.292. The van der Waals surface area contributed by atoms with Crippen LogP contribution in [0.2, 0.25) is 5.02 Å². The van der Waals surface area contributed by atoms with E-state index in [9.17, 15) is 0 Å². The molecule has 20 heavy (non-hydrogen) atoms. The Balaban J connectivity index is 2.23. The molecule has 3 rings (SSSR count). The predicted octanol–water partition coefficient (Wildman–Crippen LogP) is 2.64. The molecule has 3 aromatic rings. The van der Waals surface area contributed by atoms with Crippen LogP contribution in [-0.2, 0) is 0 Å². The summed E-state index contributed by atoms with van der Waals surface area (Å²) in [5.74, 6) is 0.767. The molecular weight excluding hydrogens is 276 g/mol. The topological polar surface area (TPSA) is 62.5 Å². The van der Waals surface area contributed by atoms with Crippen LogP contribution in [0.3, 0.4) is 0 Å². The highest BCUT2D eigenvalue weighted by Gasteiger charge is 2.14. The predicted molar refractivity (Wildman–Crippen MR) is 80.4 cm³/mol. The zero-order valence-corrected chi connectivity index (χ0v) is 11.9. The molecule has 0 aliphatic rings. The number of nitrogens with zero attached hydrogens (tertiary/aromatic N) is 3. The van der Waals surface area contributed by atoms with Crippen molar-refractivity contribution >= 4 is 34.0 Å². The fourth-order valence-electron chi connectivity index (χ4n) is 2.21. The fourth-order valence-corrected chi connectivity index (χ4v) is 2.37. The number of benzene rings is 1. The summed E-state index contributed by atoms with van der Waals surface area (Å²) in [5, 5.41) is 18.1. The van der Waals surface area contributed by atoms with E-state index in [1.165, 1.54) is 0 Å². The Morgan fingerprint density at radius 1 is 1.35 bits per heavy atom. The van der Waals surface area contributed by atoms with Crippen molar-refractivity contribution in [2.75, 3.05) is 18.5 Å². The first kappa shape index (κ1) is 13.1. The number of halogens is 1. The average molecular weight is 291 g/mol. The maximum Gasteiger partial charge on any atom is 0.176 e. The number of para-hydroxylation sites is 1. The summed E-state index contributed by atoms with van der Waals surface area (Å²) in [5.41, 5.74) is 2.37. The summed E-state index contributed by atoms with van der Waals surface area (Å²) in [6.07, 6.45) is 0.674. The average Bonchev–Trinajstić information content (AvgIpc) is 2.75. The summed E-state index contributed by atoms with van der Waals surface area (Å²) >= 11 is 6.26. The van der Waals surface area contributed by atoms with Gasteiger partial charge in [-0.05, 0) is 25.5 Å². The molecule has 0 spiro atoms. The lowest BCUT2D eigenvalue weighted by Crippen LogP contribution is -2.07. The summed E-state index contributed by atoms with van der Waals surface area (Å²) in [6, 6.07) is 7.91. The quantitative estimate of drug-likeness (QED) is 0.725. The van der Waals surface area contributed by atoms with Gasteiger partial charge in [0.15, 0.2) is 5.65 Å². The van der Waals surface area contributed by atoms with Crippen molar-refractivity contribution in [2.45, 2.75) is 13.3 Å². The molecule has 5 nitrogen and oxygen atoms in total. The van der Waals surface area contributed by atoms with Crippen LogP contribution in [0.25, 0.3) is 16.6 Å². The zero-order chi connectivity index (χ0) is 14.1. The van der Waals surface area contributed by atoms with Crippen molar-refractivity contribution < 1.29 is 5.11 Å². The summed E-state index contributed by atoms with van der Waals surface area (Å²) in [6.45, 7) is 2.68. The number of nitrogens with one attached hydrogen (secondary N) is 1. The Morgan fingerprint density at radius 3 is 2.95 bits per heavy atom. The third-order valence-corrected chi connectivity index (χ3v) is 3.64. The standard InChI is InChI=1S/C14H15ClN4O/c1-9-12(15)14-17-13(16-7-4-8-20)10-5-2-3-6-11(10)19(14)18-9/h2-3,5-6,20H,4,7-8H2,1H3,(H,16,17). The minimum absolute atomic E-state index is 0.153. The van der Waals surface area contributed by atoms with Gasteiger partial charge in [-0.25, -0.2) is 9.50 Å². The number of aryl methyl sites for hydroxylation is 1. The normalized spacial score (nSPS) is 11.3. The third kappa shape index (κ3) is 2.09. The van der Waals surface area contributed by atoms with E-state index < -0.39 is 0 Å². The number of hydrogen-bond donors (Lipinski definition) is 2. The van der Waals surface area contributed by atoms with Gasteiger partial charge in [0, 0.05) is 18.5 Å². The SMILES string of the molecule is Cc1nn2c(nc(NCCCO)c3ccccc32)c1Cl. The number of aromatic nitrogens is 3. The summed E-state index contributed by atoms with van der Waals surface area (Å²) in [4.78, 5) is 4.57. The van der Waals surface area contributed by atoms with E-state index in [2.05, 4.69) is 15.4 Å². The number of fused-ring (bicyclic) bond motifs is 3. The molecule has 2 aromatic heterocycles. The maximum absolute atomic E-state index is 8.88. The van der Waals surface area contributed by atoms with Gasteiger partial charge in [-0.3, -0.25) is 0 Å². The molecule has 0 fully saturated rings. The second-order valence-electron chi connectivity index (χ2n) is 4.62. The van der Waals surface area contributed by atoms with Crippen LogP contribution >= 0.6 is 11.6 Å². The minimum atomic E-state index is 0.153. The molecule has 2 heterocycles. The first-order valence-corrected chi connectivity index (χ1v) is 6.88. The number of aliphatic hydroxyl groups is 1. The molecule has 104 valence electrons. The molecule has 0 unspecified atom stereocenters. The van der Waals surface area contributed by atoms with E-state index in [0.717, 1.165) is 22.4 Å². The monoisotopic (exact) mass is 290 g/mol. The maximum atomic E-state index is 8.88. The molecule has 0 radical (unpaired) electrons. The highest BCUT2D eigenvalue weighted by molar-refractivity contribution is 6.34. The van der Waals surface area contributed by atoms with Gasteiger partial charge in [-0.15, -0.1) is 0 Å². The molecule has 0 saturated carbocycles. The minimum Gasteiger partial charge on any atom is -0.396 e. The molecule has 2 N–H and O–H groups in total. The van der Waals surface area contributed by atoms with Crippen LogP contribution in [0.5, 0.6) is 0 Å². The van der Waals surface area contributed by atoms with Crippen LogP contribution < -0.4 is 5.32 Å². The molecule has 0 amide bonds. The van der Waals surface area contributed by atoms with E-state index >= 15 is 0 Å². The van der Waals surface area contributed by atoms with E-state index in [4.69, 9.17) is 16.7 Å². The van der Waals surface area contributed by atoms with Gasteiger partial charge in [0.05, 0.1) is 11.2 Å². The Labute approximate surface area is 121 Å². The van der Waals surface area contributed by atoms with Crippen molar-refractivity contribution in [3.63, 3.8) is 0 Å². The van der Waals surface area contributed by atoms with Gasteiger partial charge in [0.2, 0.25) is 0 Å². The Kier molecular flexibility index (Phi) is 3.46. The van der Waals surface area contributed by atoms with Crippen molar-refractivity contribution in [2.24, 2.45) is 0 Å². The number of aliphatic hydroxyl groups excluding tert-OH is 1. The van der Waals surface area contributed by atoms with Crippen LogP contribution in [0.1, 0.15) is 12.1 Å². The molecular formula is C14H15ClN4O. The largest absolute Gasteiger partial charge is 0.396 e. The zero-order valence-electron chi connectivity index (χ0n) is 11.1. The highest BCUT2D eigenvalue weighted by atomic mass is 35.5. The summed E-state index contributed by atoms with van der Waals surface area (Å²) < 4.78 is 1.77. The van der Waals surface area contributed by atoms with E-state index in [0.29, 0.717) is 23.6 Å². The van der Waals surface area contributed by atoms with E-state index in [-0.39, 0.29) is 6.61 Å². The molecule has 0 atom stereocenters. The van der Waals surface area contributed by atoms with Gasteiger partial charge in [0.1, 0.15) is 10.8 Å². The van der Waals surface area contributed by atoms with E-state index in [1.54, 1.807) is 4.52 Å². The molecule has 0 bridgehead atoms. The third-order valence-electron chi connectivity index (χ3n) is 3.20. The highest BCUT2D eigenvalue weighted by Crippen LogP contribution is 2.27. The molecule has 6 heteroatoms. The van der Waals surface area contributed by atoms with Gasteiger partial charge in [-0.2, -0.15) is 5.10 Å². The van der Waals surface area contributed by atoms with Crippen LogP contribution in [0, 0.1) is 6.92 Å². The Hall–Kier alpha value is -1.85. The van der Waals surface area contributed by atoms with Gasteiger partial charge < -0.3 is 10.4 Å². The van der Waals surface area contributed by atoms with Crippen LogP contribution in [-0.4, -0.2) is 32.9 Å². The molecule has 0 saturated heterocycles. The first-order valence-electron chi connectivity index (χ1n) is 6.50. The lowest BCUT2D eigenvalue weighted by atomic mass is 10.2. The fraction of sp³-hybridized carbons (Fsp3) is 0.286. The Morgan fingerprint density at radius 2 is 2.15 bits per heavy atom.